The SMILES string of the molecule is COc1ccccc1C(C)NC(=O)c1cc(C)oc1C. The van der Waals surface area contributed by atoms with Crippen LogP contribution in [0.3, 0.4) is 0 Å². The minimum atomic E-state index is -0.145. The van der Waals surface area contributed by atoms with E-state index in [2.05, 4.69) is 5.32 Å². The van der Waals surface area contributed by atoms with Gasteiger partial charge in [0.2, 0.25) is 0 Å². The Balaban J connectivity index is 2.17. The second-order valence-corrected chi connectivity index (χ2v) is 4.76. The van der Waals surface area contributed by atoms with Gasteiger partial charge in [0.15, 0.2) is 0 Å². The fraction of sp³-hybridized carbons (Fsp3) is 0.312. The largest absolute Gasteiger partial charge is 0.496 e. The van der Waals surface area contributed by atoms with Crippen molar-refractivity contribution in [3.05, 3.63) is 53.0 Å². The smallest absolute Gasteiger partial charge is 0.255 e. The molecule has 0 saturated heterocycles. The normalized spacial score (nSPS) is 12.0. The highest BCUT2D eigenvalue weighted by atomic mass is 16.5. The topological polar surface area (TPSA) is 51.5 Å². The van der Waals surface area contributed by atoms with Crippen molar-refractivity contribution in [2.45, 2.75) is 26.8 Å². The molecular weight excluding hydrogens is 254 g/mol. The summed E-state index contributed by atoms with van der Waals surface area (Å²) in [6, 6.07) is 9.25. The lowest BCUT2D eigenvalue weighted by molar-refractivity contribution is 0.0938. The number of para-hydroxylation sites is 1. The highest BCUT2D eigenvalue weighted by Gasteiger charge is 2.18. The summed E-state index contributed by atoms with van der Waals surface area (Å²) in [5.41, 5.74) is 1.52. The molecule has 0 radical (unpaired) electrons. The average Bonchev–Trinajstić information content (AvgIpc) is 2.77. The third-order valence-electron chi connectivity index (χ3n) is 3.24. The van der Waals surface area contributed by atoms with Crippen molar-refractivity contribution >= 4 is 5.91 Å². The Hall–Kier alpha value is -2.23. The Labute approximate surface area is 118 Å². The number of carbonyl (C=O) groups excluding carboxylic acids is 1. The lowest BCUT2D eigenvalue weighted by atomic mass is 10.1. The Bertz CT molecular complexity index is 616. The number of furan rings is 1. The van der Waals surface area contributed by atoms with Gasteiger partial charge >= 0.3 is 0 Å². The Morgan fingerprint density at radius 1 is 1.30 bits per heavy atom. The van der Waals surface area contributed by atoms with Crippen LogP contribution in [0.4, 0.5) is 0 Å². The molecule has 0 aliphatic heterocycles. The molecule has 0 fully saturated rings. The molecule has 0 spiro atoms. The lowest BCUT2D eigenvalue weighted by Crippen LogP contribution is -2.27. The predicted octanol–water partition coefficient (Wildman–Crippen LogP) is 3.40. The number of rotatable bonds is 4. The standard InChI is InChI=1S/C16H19NO3/c1-10-9-14(12(3)20-10)16(18)17-11(2)13-7-5-6-8-15(13)19-4/h5-9,11H,1-4H3,(H,17,18). The first-order valence-corrected chi connectivity index (χ1v) is 6.53. The van der Waals surface area contributed by atoms with Crippen molar-refractivity contribution in [3.8, 4) is 5.75 Å². The zero-order valence-corrected chi connectivity index (χ0v) is 12.2. The van der Waals surface area contributed by atoms with Crippen molar-refractivity contribution in [3.63, 3.8) is 0 Å². The molecule has 20 heavy (non-hydrogen) atoms. The number of nitrogens with one attached hydrogen (secondary N) is 1. The number of benzene rings is 1. The summed E-state index contributed by atoms with van der Waals surface area (Å²) in [5.74, 6) is 1.99. The van der Waals surface area contributed by atoms with Crippen molar-refractivity contribution in [1.29, 1.82) is 0 Å². The first kappa shape index (κ1) is 14.2. The van der Waals surface area contributed by atoms with Crippen LogP contribution < -0.4 is 10.1 Å². The van der Waals surface area contributed by atoms with Gasteiger partial charge in [-0.3, -0.25) is 4.79 Å². The van der Waals surface area contributed by atoms with E-state index in [4.69, 9.17) is 9.15 Å². The Morgan fingerprint density at radius 2 is 2.00 bits per heavy atom. The molecule has 0 aliphatic carbocycles. The number of carbonyl (C=O) groups is 1. The molecule has 106 valence electrons. The summed E-state index contributed by atoms with van der Waals surface area (Å²) in [5, 5.41) is 2.96. The highest BCUT2D eigenvalue weighted by molar-refractivity contribution is 5.95. The zero-order valence-electron chi connectivity index (χ0n) is 12.2. The van der Waals surface area contributed by atoms with Crippen LogP contribution in [0.2, 0.25) is 0 Å². The van der Waals surface area contributed by atoms with Gasteiger partial charge in [-0.15, -0.1) is 0 Å². The maximum absolute atomic E-state index is 12.3. The summed E-state index contributed by atoms with van der Waals surface area (Å²) in [7, 11) is 1.62. The first-order valence-electron chi connectivity index (χ1n) is 6.53. The van der Waals surface area contributed by atoms with E-state index in [0.717, 1.165) is 17.1 Å². The van der Waals surface area contributed by atoms with Crippen molar-refractivity contribution in [2.24, 2.45) is 0 Å². The van der Waals surface area contributed by atoms with Gasteiger partial charge in [0.05, 0.1) is 18.7 Å². The maximum atomic E-state index is 12.3. The van der Waals surface area contributed by atoms with E-state index in [1.807, 2.05) is 38.1 Å². The molecule has 1 N–H and O–H groups in total. The summed E-state index contributed by atoms with van der Waals surface area (Å²) in [6.07, 6.45) is 0. The number of hydrogen-bond acceptors (Lipinski definition) is 3. The van der Waals surface area contributed by atoms with Crippen LogP contribution in [0.25, 0.3) is 0 Å². The van der Waals surface area contributed by atoms with Gasteiger partial charge in [-0.2, -0.15) is 0 Å². The van der Waals surface area contributed by atoms with E-state index in [-0.39, 0.29) is 11.9 Å². The number of aryl methyl sites for hydroxylation is 2. The van der Waals surface area contributed by atoms with Crippen molar-refractivity contribution < 1.29 is 13.9 Å². The average molecular weight is 273 g/mol. The van der Waals surface area contributed by atoms with Crippen LogP contribution in [0, 0.1) is 13.8 Å². The van der Waals surface area contributed by atoms with Gasteiger partial charge in [0.25, 0.3) is 5.91 Å². The number of ether oxygens (including phenoxy) is 1. The molecule has 0 saturated carbocycles. The van der Waals surface area contributed by atoms with E-state index >= 15 is 0 Å². The summed E-state index contributed by atoms with van der Waals surface area (Å²) >= 11 is 0. The molecule has 2 rings (SSSR count). The minimum Gasteiger partial charge on any atom is -0.496 e. The maximum Gasteiger partial charge on any atom is 0.255 e. The van der Waals surface area contributed by atoms with Gasteiger partial charge in [0.1, 0.15) is 17.3 Å². The van der Waals surface area contributed by atoms with Gasteiger partial charge in [-0.1, -0.05) is 18.2 Å². The van der Waals surface area contributed by atoms with Gasteiger partial charge in [0, 0.05) is 5.56 Å². The summed E-state index contributed by atoms with van der Waals surface area (Å²) in [6.45, 7) is 5.54. The van der Waals surface area contributed by atoms with Gasteiger partial charge in [-0.05, 0) is 32.9 Å². The zero-order chi connectivity index (χ0) is 14.7. The van der Waals surface area contributed by atoms with E-state index in [0.29, 0.717) is 11.3 Å². The molecule has 4 heteroatoms. The van der Waals surface area contributed by atoms with Gasteiger partial charge < -0.3 is 14.5 Å². The van der Waals surface area contributed by atoms with E-state index < -0.39 is 0 Å². The molecule has 0 aliphatic rings. The number of methoxy groups -OCH3 is 1. The highest BCUT2D eigenvalue weighted by Crippen LogP contribution is 2.25. The molecule has 1 amide bonds. The molecule has 1 atom stereocenters. The molecule has 1 heterocycles. The lowest BCUT2D eigenvalue weighted by Gasteiger charge is -2.17. The Morgan fingerprint density at radius 3 is 2.60 bits per heavy atom. The van der Waals surface area contributed by atoms with Crippen LogP contribution in [0.15, 0.2) is 34.7 Å². The predicted molar refractivity (Wildman–Crippen MR) is 77.1 cm³/mol. The van der Waals surface area contributed by atoms with Crippen molar-refractivity contribution in [2.75, 3.05) is 7.11 Å². The fourth-order valence-electron chi connectivity index (χ4n) is 2.23. The van der Waals surface area contributed by atoms with Crippen LogP contribution in [0.1, 0.15) is 40.4 Å². The molecule has 1 unspecified atom stereocenters. The second-order valence-electron chi connectivity index (χ2n) is 4.76. The van der Waals surface area contributed by atoms with E-state index in [9.17, 15) is 4.79 Å². The molecule has 1 aromatic carbocycles. The van der Waals surface area contributed by atoms with E-state index in [1.165, 1.54) is 0 Å². The third-order valence-corrected chi connectivity index (χ3v) is 3.24. The summed E-state index contributed by atoms with van der Waals surface area (Å²) in [4.78, 5) is 12.3. The summed E-state index contributed by atoms with van der Waals surface area (Å²) < 4.78 is 10.7. The van der Waals surface area contributed by atoms with Crippen molar-refractivity contribution in [1.82, 2.24) is 5.32 Å². The molecule has 1 aromatic heterocycles. The van der Waals surface area contributed by atoms with Crippen LogP contribution in [-0.4, -0.2) is 13.0 Å². The van der Waals surface area contributed by atoms with Crippen LogP contribution >= 0.6 is 0 Å². The quantitative estimate of drug-likeness (QED) is 0.929. The van der Waals surface area contributed by atoms with E-state index in [1.54, 1.807) is 20.1 Å². The van der Waals surface area contributed by atoms with Crippen LogP contribution in [0.5, 0.6) is 5.75 Å². The second kappa shape index (κ2) is 5.82. The molecule has 0 bridgehead atoms. The minimum absolute atomic E-state index is 0.141. The van der Waals surface area contributed by atoms with Gasteiger partial charge in [-0.25, -0.2) is 0 Å². The molecule has 4 nitrogen and oxygen atoms in total. The molecular formula is C16H19NO3. The fourth-order valence-corrected chi connectivity index (χ4v) is 2.23. The number of amides is 1. The molecule has 2 aromatic rings. The Kier molecular flexibility index (Phi) is 4.13. The monoisotopic (exact) mass is 273 g/mol. The third kappa shape index (κ3) is 2.85. The van der Waals surface area contributed by atoms with Crippen LogP contribution in [-0.2, 0) is 0 Å². The number of hydrogen-bond donors (Lipinski definition) is 1. The first-order chi connectivity index (χ1) is 9.52.